The molecule has 162 valence electrons. The van der Waals surface area contributed by atoms with Crippen LogP contribution in [0, 0.1) is 11.8 Å². The molecule has 0 aromatic heterocycles. The summed E-state index contributed by atoms with van der Waals surface area (Å²) in [6, 6.07) is 6.97. The van der Waals surface area contributed by atoms with Gasteiger partial charge in [-0.3, -0.25) is 9.59 Å². The number of benzene rings is 1. The van der Waals surface area contributed by atoms with Gasteiger partial charge in [-0.05, 0) is 17.4 Å². The number of nitrogens with one attached hydrogen (secondary N) is 2. The summed E-state index contributed by atoms with van der Waals surface area (Å²) in [5.74, 6) is -1.86. The first-order valence-corrected chi connectivity index (χ1v) is 9.73. The second kappa shape index (κ2) is 12.2. The summed E-state index contributed by atoms with van der Waals surface area (Å²) >= 11 is 0. The van der Waals surface area contributed by atoms with Gasteiger partial charge >= 0.3 is 5.97 Å². The number of carbonyl (C=O) groups excluding carboxylic acids is 3. The molecule has 0 radical (unpaired) electrons. The third-order valence-electron chi connectivity index (χ3n) is 4.41. The number of esters is 1. The van der Waals surface area contributed by atoms with Gasteiger partial charge in [-0.25, -0.2) is 4.79 Å². The van der Waals surface area contributed by atoms with Gasteiger partial charge in [0.1, 0.15) is 18.1 Å². The van der Waals surface area contributed by atoms with Crippen molar-refractivity contribution in [1.82, 2.24) is 10.6 Å². The standard InChI is InChI=1S/C21H33N3O5/c1-13(2)17(20(26)24-18(14(3)4)21(27)28-5)23-19(25)16(22)12-29-11-15-9-7-6-8-10-15/h6-10,13-14,16-18H,11-12,22H2,1-5H3,(H,23,25)(H,24,26)/t16-,17-,18-/m0/s1. The molecule has 0 saturated carbocycles. The van der Waals surface area contributed by atoms with Crippen molar-refractivity contribution in [2.75, 3.05) is 13.7 Å². The first kappa shape index (κ1) is 24.6. The van der Waals surface area contributed by atoms with Crippen LogP contribution in [0.2, 0.25) is 0 Å². The second-order valence-corrected chi connectivity index (χ2v) is 7.59. The van der Waals surface area contributed by atoms with Crippen LogP contribution in [-0.4, -0.2) is 49.6 Å². The molecule has 8 heteroatoms. The summed E-state index contributed by atoms with van der Waals surface area (Å²) in [4.78, 5) is 37.0. The summed E-state index contributed by atoms with van der Waals surface area (Å²) < 4.78 is 10.2. The molecule has 2 amide bonds. The zero-order valence-corrected chi connectivity index (χ0v) is 17.8. The van der Waals surface area contributed by atoms with E-state index in [1.165, 1.54) is 7.11 Å². The van der Waals surface area contributed by atoms with E-state index in [-0.39, 0.29) is 18.4 Å². The average molecular weight is 408 g/mol. The zero-order chi connectivity index (χ0) is 22.0. The monoisotopic (exact) mass is 407 g/mol. The van der Waals surface area contributed by atoms with Gasteiger partial charge in [0.2, 0.25) is 11.8 Å². The molecular formula is C21H33N3O5. The average Bonchev–Trinajstić information content (AvgIpc) is 2.69. The number of ether oxygens (including phenoxy) is 2. The van der Waals surface area contributed by atoms with Crippen LogP contribution in [0.5, 0.6) is 0 Å². The lowest BCUT2D eigenvalue weighted by atomic mass is 10.00. The number of amides is 2. The largest absolute Gasteiger partial charge is 0.467 e. The topological polar surface area (TPSA) is 120 Å². The van der Waals surface area contributed by atoms with Crippen LogP contribution >= 0.6 is 0 Å². The first-order valence-electron chi connectivity index (χ1n) is 9.73. The lowest BCUT2D eigenvalue weighted by Gasteiger charge is -2.27. The Bertz CT molecular complexity index is 664. The van der Waals surface area contributed by atoms with E-state index in [1.54, 1.807) is 27.7 Å². The van der Waals surface area contributed by atoms with Crippen molar-refractivity contribution >= 4 is 17.8 Å². The number of hydrogen-bond donors (Lipinski definition) is 3. The lowest BCUT2D eigenvalue weighted by molar-refractivity contribution is -0.146. The Morgan fingerprint density at radius 3 is 2.00 bits per heavy atom. The number of hydrogen-bond acceptors (Lipinski definition) is 6. The maximum atomic E-state index is 12.7. The van der Waals surface area contributed by atoms with Crippen LogP contribution in [0.25, 0.3) is 0 Å². The fourth-order valence-electron chi connectivity index (χ4n) is 2.62. The number of carbonyl (C=O) groups is 3. The van der Waals surface area contributed by atoms with Crippen LogP contribution in [0.15, 0.2) is 30.3 Å². The van der Waals surface area contributed by atoms with E-state index in [1.807, 2.05) is 30.3 Å². The Labute approximate surface area is 172 Å². The van der Waals surface area contributed by atoms with Gasteiger partial charge in [-0.15, -0.1) is 0 Å². The summed E-state index contributed by atoms with van der Waals surface area (Å²) in [6.07, 6.45) is 0. The van der Waals surface area contributed by atoms with E-state index in [2.05, 4.69) is 10.6 Å². The van der Waals surface area contributed by atoms with Crippen LogP contribution in [0.3, 0.4) is 0 Å². The number of rotatable bonds is 11. The summed E-state index contributed by atoms with van der Waals surface area (Å²) in [7, 11) is 1.26. The predicted molar refractivity (Wildman–Crippen MR) is 110 cm³/mol. The second-order valence-electron chi connectivity index (χ2n) is 7.59. The van der Waals surface area contributed by atoms with Crippen molar-refractivity contribution in [1.29, 1.82) is 0 Å². The lowest BCUT2D eigenvalue weighted by Crippen LogP contribution is -2.57. The van der Waals surface area contributed by atoms with Crippen molar-refractivity contribution in [3.63, 3.8) is 0 Å². The van der Waals surface area contributed by atoms with Crippen molar-refractivity contribution in [2.24, 2.45) is 17.6 Å². The van der Waals surface area contributed by atoms with E-state index in [0.717, 1.165) is 5.56 Å². The highest BCUT2D eigenvalue weighted by Gasteiger charge is 2.31. The third kappa shape index (κ3) is 8.21. The van der Waals surface area contributed by atoms with Gasteiger partial charge in [0.05, 0.1) is 20.3 Å². The van der Waals surface area contributed by atoms with Crippen LogP contribution < -0.4 is 16.4 Å². The van der Waals surface area contributed by atoms with Gasteiger partial charge in [-0.2, -0.15) is 0 Å². The quantitative estimate of drug-likeness (QED) is 0.471. The Morgan fingerprint density at radius 1 is 0.931 bits per heavy atom. The highest BCUT2D eigenvalue weighted by molar-refractivity contribution is 5.92. The number of nitrogens with two attached hydrogens (primary N) is 1. The number of methoxy groups -OCH3 is 1. The molecule has 3 atom stereocenters. The maximum absolute atomic E-state index is 12.7. The Kier molecular flexibility index (Phi) is 10.3. The fraction of sp³-hybridized carbons (Fsp3) is 0.571. The minimum atomic E-state index is -0.922. The third-order valence-corrected chi connectivity index (χ3v) is 4.41. The molecule has 0 bridgehead atoms. The van der Waals surface area contributed by atoms with Gasteiger partial charge in [0, 0.05) is 0 Å². The minimum absolute atomic E-state index is 0.0178. The molecule has 0 saturated heterocycles. The van der Waals surface area contributed by atoms with Crippen molar-refractivity contribution in [3.05, 3.63) is 35.9 Å². The predicted octanol–water partition coefficient (Wildman–Crippen LogP) is 0.985. The maximum Gasteiger partial charge on any atom is 0.328 e. The summed E-state index contributed by atoms with van der Waals surface area (Å²) in [5.41, 5.74) is 6.88. The highest BCUT2D eigenvalue weighted by Crippen LogP contribution is 2.08. The molecule has 0 fully saturated rings. The van der Waals surface area contributed by atoms with Gasteiger partial charge in [0.15, 0.2) is 0 Å². The van der Waals surface area contributed by atoms with E-state index < -0.39 is 35.9 Å². The first-order chi connectivity index (χ1) is 13.7. The SMILES string of the molecule is COC(=O)[C@@H](NC(=O)[C@@H](NC(=O)[C@@H](N)COCc1ccccc1)C(C)C)C(C)C. The summed E-state index contributed by atoms with van der Waals surface area (Å²) in [5, 5.41) is 5.32. The van der Waals surface area contributed by atoms with Gasteiger partial charge < -0.3 is 25.8 Å². The van der Waals surface area contributed by atoms with E-state index in [9.17, 15) is 14.4 Å². The molecule has 0 unspecified atom stereocenters. The molecule has 0 aliphatic carbocycles. The Balaban J connectivity index is 2.63. The van der Waals surface area contributed by atoms with Gasteiger partial charge in [-0.1, -0.05) is 58.0 Å². The molecule has 0 heterocycles. The Hall–Kier alpha value is -2.45. The summed E-state index contributed by atoms with van der Waals surface area (Å²) in [6.45, 7) is 7.54. The van der Waals surface area contributed by atoms with Crippen LogP contribution in [-0.2, 0) is 30.5 Å². The van der Waals surface area contributed by atoms with E-state index >= 15 is 0 Å². The van der Waals surface area contributed by atoms with Crippen molar-refractivity contribution in [2.45, 2.75) is 52.4 Å². The molecule has 29 heavy (non-hydrogen) atoms. The van der Waals surface area contributed by atoms with Crippen LogP contribution in [0.1, 0.15) is 33.3 Å². The molecule has 4 N–H and O–H groups in total. The normalized spacial score (nSPS) is 14.2. The van der Waals surface area contributed by atoms with E-state index in [4.69, 9.17) is 15.2 Å². The molecule has 0 spiro atoms. The molecule has 1 rings (SSSR count). The molecule has 8 nitrogen and oxygen atoms in total. The zero-order valence-electron chi connectivity index (χ0n) is 17.8. The molecule has 1 aromatic rings. The fourth-order valence-corrected chi connectivity index (χ4v) is 2.62. The van der Waals surface area contributed by atoms with Gasteiger partial charge in [0.25, 0.3) is 0 Å². The molecule has 0 aliphatic rings. The molecule has 1 aromatic carbocycles. The highest BCUT2D eigenvalue weighted by atomic mass is 16.5. The minimum Gasteiger partial charge on any atom is -0.467 e. The smallest absolute Gasteiger partial charge is 0.328 e. The molecular weight excluding hydrogens is 374 g/mol. The molecule has 0 aliphatic heterocycles. The van der Waals surface area contributed by atoms with E-state index in [0.29, 0.717) is 6.61 Å². The van der Waals surface area contributed by atoms with Crippen LogP contribution in [0.4, 0.5) is 0 Å². The Morgan fingerprint density at radius 2 is 1.48 bits per heavy atom. The van der Waals surface area contributed by atoms with Crippen molar-refractivity contribution in [3.8, 4) is 0 Å². The van der Waals surface area contributed by atoms with Crippen molar-refractivity contribution < 1.29 is 23.9 Å².